The summed E-state index contributed by atoms with van der Waals surface area (Å²) in [6, 6.07) is 7.47. The quantitative estimate of drug-likeness (QED) is 0.745. The zero-order valence-electron chi connectivity index (χ0n) is 11.2. The van der Waals surface area contributed by atoms with Crippen LogP contribution in [0.4, 0.5) is 0 Å². The topological polar surface area (TPSA) is 75.3 Å². The summed E-state index contributed by atoms with van der Waals surface area (Å²) in [6.45, 7) is 0. The Labute approximate surface area is 129 Å². The number of aromatic hydroxyl groups is 1. The summed E-state index contributed by atoms with van der Waals surface area (Å²) in [7, 11) is 0. The number of phenolic OH excluding ortho intramolecular Hbond substituents is 1. The van der Waals surface area contributed by atoms with E-state index in [0.717, 1.165) is 30.6 Å². The minimum absolute atomic E-state index is 0. The molecule has 2 rings (SSSR count). The summed E-state index contributed by atoms with van der Waals surface area (Å²) in [5.41, 5.74) is 5.84. The minimum Gasteiger partial charge on any atom is -0.508 e. The molecule has 0 heterocycles. The molecule has 0 radical (unpaired) electrons. The summed E-state index contributed by atoms with van der Waals surface area (Å²) in [5.74, 6) is 0.721. The van der Waals surface area contributed by atoms with Crippen LogP contribution in [0.1, 0.15) is 25.7 Å². The molecule has 4 nitrogen and oxygen atoms in total. The lowest BCUT2D eigenvalue weighted by Crippen LogP contribution is -2.41. The number of nitrogens with two attached hydrogens (primary N) is 1. The third-order valence-corrected chi connectivity index (χ3v) is 4.36. The van der Waals surface area contributed by atoms with Gasteiger partial charge in [-0.25, -0.2) is 0 Å². The van der Waals surface area contributed by atoms with Gasteiger partial charge in [-0.1, -0.05) is 0 Å². The van der Waals surface area contributed by atoms with Gasteiger partial charge in [-0.15, -0.1) is 24.2 Å². The number of hydrogen-bond donors (Lipinski definition) is 3. The first-order chi connectivity index (χ1) is 9.13. The Hall–Kier alpha value is -0.910. The monoisotopic (exact) mass is 316 g/mol. The van der Waals surface area contributed by atoms with Gasteiger partial charge >= 0.3 is 0 Å². The van der Waals surface area contributed by atoms with Crippen molar-refractivity contribution in [1.82, 2.24) is 5.32 Å². The van der Waals surface area contributed by atoms with Crippen LogP contribution in [0.5, 0.6) is 5.75 Å². The molecule has 0 aliphatic heterocycles. The molecule has 0 aromatic heterocycles. The Morgan fingerprint density at radius 3 is 2.45 bits per heavy atom. The average molecular weight is 317 g/mol. The van der Waals surface area contributed by atoms with E-state index in [1.807, 2.05) is 12.1 Å². The molecule has 1 aliphatic carbocycles. The predicted octanol–water partition coefficient (Wildman–Crippen LogP) is 2.29. The predicted molar refractivity (Wildman–Crippen MR) is 84.5 cm³/mol. The molecule has 0 unspecified atom stereocenters. The van der Waals surface area contributed by atoms with Gasteiger partial charge < -0.3 is 16.2 Å². The van der Waals surface area contributed by atoms with Gasteiger partial charge in [0.1, 0.15) is 5.75 Å². The zero-order chi connectivity index (χ0) is 13.7. The normalized spacial score (nSPS) is 21.9. The van der Waals surface area contributed by atoms with Crippen molar-refractivity contribution in [2.24, 2.45) is 5.73 Å². The van der Waals surface area contributed by atoms with Gasteiger partial charge in [-0.05, 0) is 49.9 Å². The lowest BCUT2D eigenvalue weighted by molar-refractivity contribution is -0.119. The van der Waals surface area contributed by atoms with E-state index >= 15 is 0 Å². The lowest BCUT2D eigenvalue weighted by Gasteiger charge is -2.26. The molecule has 112 valence electrons. The number of amides is 1. The van der Waals surface area contributed by atoms with Crippen LogP contribution in [-0.2, 0) is 4.79 Å². The Kier molecular flexibility index (Phi) is 7.19. The fourth-order valence-corrected chi connectivity index (χ4v) is 2.93. The smallest absolute Gasteiger partial charge is 0.230 e. The van der Waals surface area contributed by atoms with E-state index in [1.54, 1.807) is 12.1 Å². The molecule has 0 bridgehead atoms. The third kappa shape index (κ3) is 5.61. The zero-order valence-corrected chi connectivity index (χ0v) is 12.9. The van der Waals surface area contributed by atoms with Crippen molar-refractivity contribution in [3.8, 4) is 5.75 Å². The largest absolute Gasteiger partial charge is 0.508 e. The maximum absolute atomic E-state index is 11.8. The highest BCUT2D eigenvalue weighted by Crippen LogP contribution is 2.21. The van der Waals surface area contributed by atoms with Crippen LogP contribution in [0.2, 0.25) is 0 Å². The van der Waals surface area contributed by atoms with Crippen molar-refractivity contribution in [3.05, 3.63) is 24.3 Å². The van der Waals surface area contributed by atoms with Crippen LogP contribution in [0, 0.1) is 0 Å². The first-order valence-corrected chi connectivity index (χ1v) is 7.59. The number of phenols is 1. The van der Waals surface area contributed by atoms with Crippen molar-refractivity contribution in [2.75, 3.05) is 5.75 Å². The molecule has 1 amide bonds. The van der Waals surface area contributed by atoms with Gasteiger partial charge in [0.25, 0.3) is 0 Å². The SMILES string of the molecule is Cl.NC1CCC(NC(=O)CSc2ccc(O)cc2)CC1. The standard InChI is InChI=1S/C14H20N2O2S.ClH/c15-10-1-3-11(4-2-10)16-14(18)9-19-13-7-5-12(17)6-8-13;/h5-8,10-11,17H,1-4,9,15H2,(H,16,18);1H. The molecule has 20 heavy (non-hydrogen) atoms. The van der Waals surface area contributed by atoms with Gasteiger partial charge in [0.2, 0.25) is 5.91 Å². The number of rotatable bonds is 4. The van der Waals surface area contributed by atoms with Crippen LogP contribution in [-0.4, -0.2) is 28.9 Å². The first-order valence-electron chi connectivity index (χ1n) is 6.60. The van der Waals surface area contributed by atoms with E-state index in [2.05, 4.69) is 5.32 Å². The number of halogens is 1. The number of thioether (sulfide) groups is 1. The fourth-order valence-electron chi connectivity index (χ4n) is 2.22. The Morgan fingerprint density at radius 1 is 1.25 bits per heavy atom. The highest BCUT2D eigenvalue weighted by molar-refractivity contribution is 8.00. The van der Waals surface area contributed by atoms with E-state index in [0.29, 0.717) is 11.8 Å². The fraction of sp³-hybridized carbons (Fsp3) is 0.500. The maximum Gasteiger partial charge on any atom is 0.230 e. The average Bonchev–Trinajstić information content (AvgIpc) is 2.41. The van der Waals surface area contributed by atoms with Crippen LogP contribution in [0.15, 0.2) is 29.2 Å². The van der Waals surface area contributed by atoms with Gasteiger partial charge in [-0.3, -0.25) is 4.79 Å². The summed E-state index contributed by atoms with van der Waals surface area (Å²) in [4.78, 5) is 12.8. The highest BCUT2D eigenvalue weighted by atomic mass is 35.5. The van der Waals surface area contributed by atoms with Crippen molar-refractivity contribution in [1.29, 1.82) is 0 Å². The van der Waals surface area contributed by atoms with E-state index in [-0.39, 0.29) is 30.1 Å². The molecule has 1 fully saturated rings. The number of nitrogens with one attached hydrogen (secondary N) is 1. The lowest BCUT2D eigenvalue weighted by atomic mass is 9.92. The molecule has 4 N–H and O–H groups in total. The van der Waals surface area contributed by atoms with Crippen LogP contribution in [0.3, 0.4) is 0 Å². The molecular formula is C14H21ClN2O2S. The molecule has 1 aliphatic rings. The summed E-state index contributed by atoms with van der Waals surface area (Å²) in [6.07, 6.45) is 3.96. The minimum atomic E-state index is 0. The Balaban J connectivity index is 0.00000200. The Bertz CT molecular complexity index is 420. The summed E-state index contributed by atoms with van der Waals surface area (Å²) in [5, 5.41) is 12.2. The molecule has 1 aromatic carbocycles. The number of hydrogen-bond acceptors (Lipinski definition) is 4. The van der Waals surface area contributed by atoms with E-state index in [9.17, 15) is 9.90 Å². The molecule has 1 saturated carbocycles. The third-order valence-electron chi connectivity index (χ3n) is 3.34. The number of carbonyl (C=O) groups excluding carboxylic acids is 1. The first kappa shape index (κ1) is 17.1. The highest BCUT2D eigenvalue weighted by Gasteiger charge is 2.19. The van der Waals surface area contributed by atoms with Crippen molar-refractivity contribution >= 4 is 30.1 Å². The molecular weight excluding hydrogens is 296 g/mol. The molecule has 0 atom stereocenters. The van der Waals surface area contributed by atoms with Gasteiger partial charge in [0, 0.05) is 17.0 Å². The van der Waals surface area contributed by atoms with Crippen molar-refractivity contribution in [2.45, 2.75) is 42.7 Å². The molecule has 0 spiro atoms. The maximum atomic E-state index is 11.8. The summed E-state index contributed by atoms with van der Waals surface area (Å²) < 4.78 is 0. The van der Waals surface area contributed by atoms with Crippen LogP contribution < -0.4 is 11.1 Å². The molecule has 1 aromatic rings. The van der Waals surface area contributed by atoms with Crippen molar-refractivity contribution < 1.29 is 9.90 Å². The van der Waals surface area contributed by atoms with Gasteiger partial charge in [-0.2, -0.15) is 0 Å². The number of carbonyl (C=O) groups is 1. The number of benzene rings is 1. The second-order valence-electron chi connectivity index (χ2n) is 4.96. The van der Waals surface area contributed by atoms with Gasteiger partial charge in [0.15, 0.2) is 0 Å². The van der Waals surface area contributed by atoms with E-state index in [4.69, 9.17) is 5.73 Å². The van der Waals surface area contributed by atoms with E-state index < -0.39 is 0 Å². The second-order valence-corrected chi connectivity index (χ2v) is 6.01. The molecule has 6 heteroatoms. The second kappa shape index (κ2) is 8.39. The Morgan fingerprint density at radius 2 is 1.85 bits per heavy atom. The van der Waals surface area contributed by atoms with Crippen LogP contribution >= 0.6 is 24.2 Å². The molecule has 0 saturated heterocycles. The van der Waals surface area contributed by atoms with Crippen LogP contribution in [0.25, 0.3) is 0 Å². The van der Waals surface area contributed by atoms with E-state index in [1.165, 1.54) is 11.8 Å². The van der Waals surface area contributed by atoms with Gasteiger partial charge in [0.05, 0.1) is 5.75 Å². The van der Waals surface area contributed by atoms with Crippen molar-refractivity contribution in [3.63, 3.8) is 0 Å². The summed E-state index contributed by atoms with van der Waals surface area (Å²) >= 11 is 1.48.